The van der Waals surface area contributed by atoms with Gasteiger partial charge in [0.2, 0.25) is 0 Å². The molecule has 0 spiro atoms. The number of carbonyl (C=O) groups excluding carboxylic acids is 1. The van der Waals surface area contributed by atoms with E-state index in [-0.39, 0.29) is 16.7 Å². The van der Waals surface area contributed by atoms with Gasteiger partial charge in [-0.25, -0.2) is 5.06 Å². The second-order valence-corrected chi connectivity index (χ2v) is 12.9. The molecule has 50 heavy (non-hydrogen) atoms. The van der Waals surface area contributed by atoms with E-state index in [2.05, 4.69) is 137 Å². The minimum absolute atomic E-state index is 0.179. The third kappa shape index (κ3) is 5.87. The van der Waals surface area contributed by atoms with Gasteiger partial charge in [-0.3, -0.25) is 19.6 Å². The van der Waals surface area contributed by atoms with Crippen LogP contribution in [0.3, 0.4) is 0 Å². The van der Waals surface area contributed by atoms with E-state index >= 15 is 0 Å². The summed E-state index contributed by atoms with van der Waals surface area (Å²) in [4.78, 5) is 26.5. The van der Waals surface area contributed by atoms with Crippen molar-refractivity contribution < 1.29 is 9.63 Å². The lowest BCUT2D eigenvalue weighted by molar-refractivity contribution is -0.160. The van der Waals surface area contributed by atoms with Crippen molar-refractivity contribution >= 4 is 17.3 Å². The summed E-state index contributed by atoms with van der Waals surface area (Å²) in [5, 5.41) is 10.4. The minimum atomic E-state index is -0.247. The number of amides is 1. The molecule has 2 aliphatic carbocycles. The van der Waals surface area contributed by atoms with Crippen molar-refractivity contribution in [3.63, 3.8) is 0 Å². The lowest BCUT2D eigenvalue weighted by Gasteiger charge is -2.35. The SMILES string of the molecule is CON(C)C(=O)C1=NCC2=C1C=CC(c1ccccc1)(c1ccccc1)C2.N#CC1=NCC2=C1C=CC(c1ccccc1)(c1ccccc1)C2. The average Bonchev–Trinajstić information content (AvgIpc) is 3.82. The number of allylic oxidation sites excluding steroid dienone is 5. The number of carbonyl (C=O) groups is 1. The molecule has 4 aromatic rings. The maximum atomic E-state index is 12.5. The number of hydrogen-bond donors (Lipinski definition) is 0. The quantitative estimate of drug-likeness (QED) is 0.198. The molecule has 6 nitrogen and oxygen atoms in total. The van der Waals surface area contributed by atoms with Crippen LogP contribution >= 0.6 is 0 Å². The average molecular weight is 655 g/mol. The fraction of sp³-hybridized carbons (Fsp3) is 0.182. The Morgan fingerprint density at radius 3 is 1.48 bits per heavy atom. The maximum Gasteiger partial charge on any atom is 0.295 e. The highest BCUT2D eigenvalue weighted by molar-refractivity contribution is 6.46. The van der Waals surface area contributed by atoms with E-state index in [0.29, 0.717) is 24.5 Å². The van der Waals surface area contributed by atoms with Crippen LogP contribution < -0.4 is 0 Å². The smallest absolute Gasteiger partial charge is 0.275 e. The Kier molecular flexibility index (Phi) is 9.08. The van der Waals surface area contributed by atoms with Gasteiger partial charge in [-0.2, -0.15) is 5.26 Å². The molecular weight excluding hydrogens is 617 g/mol. The minimum Gasteiger partial charge on any atom is -0.275 e. The van der Waals surface area contributed by atoms with Crippen LogP contribution in [0.5, 0.6) is 0 Å². The van der Waals surface area contributed by atoms with Crippen LogP contribution in [0.4, 0.5) is 0 Å². The van der Waals surface area contributed by atoms with Gasteiger partial charge in [0.1, 0.15) is 17.5 Å². The van der Waals surface area contributed by atoms with E-state index in [1.54, 1.807) is 7.05 Å². The van der Waals surface area contributed by atoms with Crippen molar-refractivity contribution in [3.05, 3.63) is 190 Å². The highest BCUT2D eigenvalue weighted by atomic mass is 16.7. The number of aliphatic imine (C=N–C) groups is 2. The molecule has 246 valence electrons. The summed E-state index contributed by atoms with van der Waals surface area (Å²) in [6.07, 6.45) is 10.3. The first-order chi connectivity index (χ1) is 24.5. The van der Waals surface area contributed by atoms with Gasteiger partial charge in [-0.05, 0) is 46.2 Å². The molecule has 8 rings (SSSR count). The van der Waals surface area contributed by atoms with Crippen LogP contribution in [-0.4, -0.2) is 49.6 Å². The van der Waals surface area contributed by atoms with Gasteiger partial charge < -0.3 is 0 Å². The van der Waals surface area contributed by atoms with Crippen molar-refractivity contribution in [2.24, 2.45) is 9.98 Å². The Morgan fingerprint density at radius 2 is 1.06 bits per heavy atom. The second-order valence-electron chi connectivity index (χ2n) is 12.9. The highest BCUT2D eigenvalue weighted by Gasteiger charge is 2.40. The van der Waals surface area contributed by atoms with E-state index in [9.17, 15) is 10.1 Å². The van der Waals surface area contributed by atoms with E-state index in [4.69, 9.17) is 4.84 Å². The van der Waals surface area contributed by atoms with Crippen molar-refractivity contribution in [2.45, 2.75) is 23.7 Å². The second kappa shape index (κ2) is 13.9. The molecule has 2 heterocycles. The lowest BCUT2D eigenvalue weighted by Crippen LogP contribution is -2.34. The van der Waals surface area contributed by atoms with Crippen LogP contribution in [0.2, 0.25) is 0 Å². The molecule has 1 amide bonds. The molecule has 0 atom stereocenters. The third-order valence-corrected chi connectivity index (χ3v) is 10.2. The van der Waals surface area contributed by atoms with Crippen LogP contribution in [0.15, 0.2) is 178 Å². The summed E-state index contributed by atoms with van der Waals surface area (Å²) >= 11 is 0. The molecule has 6 heteroatoms. The maximum absolute atomic E-state index is 12.5. The predicted octanol–water partition coefficient (Wildman–Crippen LogP) is 7.91. The van der Waals surface area contributed by atoms with Crippen molar-refractivity contribution in [3.8, 4) is 6.07 Å². The number of hydrogen-bond acceptors (Lipinski definition) is 5. The molecule has 0 aromatic heterocycles. The molecule has 2 aliphatic heterocycles. The first-order valence-corrected chi connectivity index (χ1v) is 16.9. The summed E-state index contributed by atoms with van der Waals surface area (Å²) in [7, 11) is 3.09. The number of benzene rings is 4. The van der Waals surface area contributed by atoms with E-state index < -0.39 is 0 Å². The Morgan fingerprint density at radius 1 is 0.660 bits per heavy atom. The van der Waals surface area contributed by atoms with Crippen LogP contribution in [-0.2, 0) is 20.5 Å². The van der Waals surface area contributed by atoms with Crippen molar-refractivity contribution in [2.75, 3.05) is 27.2 Å². The van der Waals surface area contributed by atoms with E-state index in [1.807, 2.05) is 24.3 Å². The Bertz CT molecular complexity index is 2040. The van der Waals surface area contributed by atoms with Gasteiger partial charge >= 0.3 is 0 Å². The van der Waals surface area contributed by atoms with Gasteiger partial charge in [0.15, 0.2) is 0 Å². The van der Waals surface area contributed by atoms with Crippen molar-refractivity contribution in [1.82, 2.24) is 5.06 Å². The first-order valence-electron chi connectivity index (χ1n) is 16.9. The molecule has 0 bridgehead atoms. The van der Waals surface area contributed by atoms with Gasteiger partial charge in [-0.1, -0.05) is 146 Å². The Hall–Kier alpha value is -5.90. The van der Waals surface area contributed by atoms with Crippen LogP contribution in [0.25, 0.3) is 0 Å². The number of nitrogens with zero attached hydrogens (tertiary/aromatic N) is 4. The molecule has 0 fully saturated rings. The number of nitriles is 1. The molecule has 0 radical (unpaired) electrons. The molecular formula is C44H38N4O2. The largest absolute Gasteiger partial charge is 0.295 e. The molecule has 4 aromatic carbocycles. The monoisotopic (exact) mass is 654 g/mol. The third-order valence-electron chi connectivity index (χ3n) is 10.2. The van der Waals surface area contributed by atoms with Crippen LogP contribution in [0, 0.1) is 11.3 Å². The zero-order valence-corrected chi connectivity index (χ0v) is 28.3. The fourth-order valence-corrected chi connectivity index (χ4v) is 7.54. The zero-order chi connectivity index (χ0) is 34.6. The molecule has 0 N–H and O–H groups in total. The van der Waals surface area contributed by atoms with Gasteiger partial charge in [-0.15, -0.1) is 0 Å². The summed E-state index contributed by atoms with van der Waals surface area (Å²) in [6, 6.07) is 44.4. The van der Waals surface area contributed by atoms with E-state index in [1.165, 1.54) is 45.6 Å². The standard InChI is InChI=1S/C23H22N2O2.C21H16N2/c1-25(27-2)22(26)21-20-13-14-23(15-17(20)16-24-21,18-9-5-3-6-10-18)19-11-7-4-8-12-19;22-14-20-19-11-12-21(13-16(19)15-23-20,17-7-3-1-4-8-17)18-9-5-2-6-10-18/h3-14H,15-16H2,1-2H3;1-12H,13,15H2. The zero-order valence-electron chi connectivity index (χ0n) is 28.3. The molecule has 0 saturated heterocycles. The van der Waals surface area contributed by atoms with Gasteiger partial charge in [0, 0.05) is 29.0 Å². The van der Waals surface area contributed by atoms with Gasteiger partial charge in [0.25, 0.3) is 5.91 Å². The highest BCUT2D eigenvalue weighted by Crippen LogP contribution is 2.46. The summed E-state index contributed by atoms with van der Waals surface area (Å²) in [6.45, 7) is 1.20. The molecule has 0 unspecified atom stereocenters. The van der Waals surface area contributed by atoms with Crippen molar-refractivity contribution in [1.29, 1.82) is 5.26 Å². The summed E-state index contributed by atoms with van der Waals surface area (Å²) < 4.78 is 0. The summed E-state index contributed by atoms with van der Waals surface area (Å²) in [5.41, 5.74) is 10.1. The predicted molar refractivity (Wildman–Crippen MR) is 199 cm³/mol. The van der Waals surface area contributed by atoms with E-state index in [0.717, 1.165) is 24.0 Å². The Balaban J connectivity index is 0.000000159. The fourth-order valence-electron chi connectivity index (χ4n) is 7.54. The Labute approximate surface area is 293 Å². The molecule has 4 aliphatic rings. The normalized spacial score (nSPS) is 17.9. The first kappa shape index (κ1) is 32.6. The topological polar surface area (TPSA) is 78.0 Å². The lowest BCUT2D eigenvalue weighted by atomic mass is 9.67. The number of hydroxylamine groups is 2. The van der Waals surface area contributed by atoms with Gasteiger partial charge in [0.05, 0.1) is 20.2 Å². The molecule has 0 saturated carbocycles. The summed E-state index contributed by atoms with van der Waals surface area (Å²) in [5.74, 6) is -0.209. The number of rotatable bonds is 6. The van der Waals surface area contributed by atoms with Crippen LogP contribution in [0.1, 0.15) is 35.1 Å².